The summed E-state index contributed by atoms with van der Waals surface area (Å²) in [4.78, 5) is 11.1. The fourth-order valence-corrected chi connectivity index (χ4v) is 0.738. The van der Waals surface area contributed by atoms with Gasteiger partial charge in [0.25, 0.3) is 0 Å². The topological polar surface area (TPSA) is 52.3 Å². The molecule has 0 spiro atoms. The number of carbonyl (C=O) groups is 1. The van der Waals surface area contributed by atoms with Crippen LogP contribution in [0.5, 0.6) is 0 Å². The maximum absolute atomic E-state index is 11.1. The Morgan fingerprint density at radius 1 is 1.50 bits per heavy atom. The van der Waals surface area contributed by atoms with Crippen LogP contribution in [0.2, 0.25) is 0 Å². The summed E-state index contributed by atoms with van der Waals surface area (Å²) in [7, 11) is 0. The second-order valence-electron chi connectivity index (χ2n) is 4.10. The average molecular weight is 173 g/mol. The lowest BCUT2D eigenvalue weighted by atomic mass is 10.1. The molecule has 0 aliphatic heterocycles. The molecule has 0 aromatic rings. The van der Waals surface area contributed by atoms with Gasteiger partial charge in [-0.15, -0.1) is 0 Å². The smallest absolute Gasteiger partial charge is 0.306 e. The number of nitrogens with two attached hydrogens (primary N) is 1. The first-order valence-corrected chi connectivity index (χ1v) is 4.28. The number of ether oxygens (including phenoxy) is 1. The molecule has 2 N–H and O–H groups in total. The van der Waals surface area contributed by atoms with Crippen molar-refractivity contribution in [1.29, 1.82) is 0 Å². The van der Waals surface area contributed by atoms with E-state index >= 15 is 0 Å². The Morgan fingerprint density at radius 2 is 2.00 bits per heavy atom. The van der Waals surface area contributed by atoms with E-state index in [2.05, 4.69) is 0 Å². The van der Waals surface area contributed by atoms with Crippen molar-refractivity contribution in [2.45, 2.75) is 52.2 Å². The van der Waals surface area contributed by atoms with Crippen molar-refractivity contribution in [1.82, 2.24) is 0 Å². The molecule has 1 atom stereocenters. The maximum atomic E-state index is 11.1. The fourth-order valence-electron chi connectivity index (χ4n) is 0.738. The van der Waals surface area contributed by atoms with Gasteiger partial charge in [0.15, 0.2) is 0 Å². The van der Waals surface area contributed by atoms with Gasteiger partial charge in [0.2, 0.25) is 0 Å². The highest BCUT2D eigenvalue weighted by Gasteiger charge is 2.15. The van der Waals surface area contributed by atoms with Gasteiger partial charge in [-0.1, -0.05) is 0 Å². The van der Waals surface area contributed by atoms with E-state index in [-0.39, 0.29) is 17.6 Å². The molecule has 72 valence electrons. The van der Waals surface area contributed by atoms with Crippen molar-refractivity contribution in [3.63, 3.8) is 0 Å². The molecular weight excluding hydrogens is 154 g/mol. The number of rotatable bonds is 3. The van der Waals surface area contributed by atoms with E-state index in [1.807, 2.05) is 27.7 Å². The van der Waals surface area contributed by atoms with Crippen molar-refractivity contribution in [3.05, 3.63) is 0 Å². The van der Waals surface area contributed by atoms with Gasteiger partial charge in [-0.3, -0.25) is 4.79 Å². The Balaban J connectivity index is 3.61. The first kappa shape index (κ1) is 11.4. The van der Waals surface area contributed by atoms with Gasteiger partial charge >= 0.3 is 5.97 Å². The summed E-state index contributed by atoms with van der Waals surface area (Å²) in [5, 5.41) is 0. The molecule has 0 saturated heterocycles. The van der Waals surface area contributed by atoms with Gasteiger partial charge in [0.1, 0.15) is 5.60 Å². The van der Waals surface area contributed by atoms with Crippen molar-refractivity contribution in [2.24, 2.45) is 5.73 Å². The third-order valence-electron chi connectivity index (χ3n) is 1.22. The van der Waals surface area contributed by atoms with Crippen LogP contribution in [-0.2, 0) is 9.53 Å². The summed E-state index contributed by atoms with van der Waals surface area (Å²) < 4.78 is 5.09. The minimum Gasteiger partial charge on any atom is -0.460 e. The number of carbonyl (C=O) groups excluding carboxylic acids is 1. The number of hydrogen-bond acceptors (Lipinski definition) is 3. The lowest BCUT2D eigenvalue weighted by molar-refractivity contribution is -0.155. The van der Waals surface area contributed by atoms with E-state index in [9.17, 15) is 4.79 Å². The summed E-state index contributed by atoms with van der Waals surface area (Å²) >= 11 is 0. The highest BCUT2D eigenvalue weighted by Crippen LogP contribution is 2.09. The lowest BCUT2D eigenvalue weighted by Gasteiger charge is -2.19. The first-order chi connectivity index (χ1) is 5.31. The van der Waals surface area contributed by atoms with Gasteiger partial charge in [-0.05, 0) is 34.1 Å². The van der Waals surface area contributed by atoms with Crippen molar-refractivity contribution in [2.75, 3.05) is 0 Å². The highest BCUT2D eigenvalue weighted by molar-refractivity contribution is 5.69. The second kappa shape index (κ2) is 4.45. The van der Waals surface area contributed by atoms with Crippen LogP contribution in [0.3, 0.4) is 0 Å². The van der Waals surface area contributed by atoms with Crippen molar-refractivity contribution in [3.8, 4) is 0 Å². The van der Waals surface area contributed by atoms with Crippen molar-refractivity contribution >= 4 is 5.97 Å². The zero-order chi connectivity index (χ0) is 9.78. The molecule has 0 heterocycles. The molecule has 0 aliphatic carbocycles. The summed E-state index contributed by atoms with van der Waals surface area (Å²) in [6, 6.07) is 0.0671. The Morgan fingerprint density at radius 3 is 2.33 bits per heavy atom. The molecule has 0 rings (SSSR count). The Bertz CT molecular complexity index is 147. The quantitative estimate of drug-likeness (QED) is 0.657. The zero-order valence-corrected chi connectivity index (χ0v) is 8.39. The fraction of sp³-hybridized carbons (Fsp3) is 0.889. The third-order valence-corrected chi connectivity index (χ3v) is 1.22. The van der Waals surface area contributed by atoms with Gasteiger partial charge < -0.3 is 10.5 Å². The molecule has 3 heteroatoms. The lowest BCUT2D eigenvalue weighted by Crippen LogP contribution is -2.25. The summed E-state index contributed by atoms with van der Waals surface area (Å²) in [5.41, 5.74) is 5.12. The predicted molar refractivity (Wildman–Crippen MR) is 48.7 cm³/mol. The summed E-state index contributed by atoms with van der Waals surface area (Å²) in [6.45, 7) is 7.45. The molecule has 0 aliphatic rings. The Labute approximate surface area is 74.3 Å². The minimum absolute atomic E-state index is 0.0671. The van der Waals surface area contributed by atoms with E-state index < -0.39 is 0 Å². The van der Waals surface area contributed by atoms with E-state index in [0.29, 0.717) is 12.8 Å². The molecule has 12 heavy (non-hydrogen) atoms. The maximum Gasteiger partial charge on any atom is 0.306 e. The second-order valence-corrected chi connectivity index (χ2v) is 4.10. The van der Waals surface area contributed by atoms with Gasteiger partial charge in [0.05, 0.1) is 0 Å². The minimum atomic E-state index is -0.380. The predicted octanol–water partition coefficient (Wildman–Crippen LogP) is 1.46. The molecule has 0 aromatic heterocycles. The van der Waals surface area contributed by atoms with Crippen LogP contribution in [0.25, 0.3) is 0 Å². The van der Waals surface area contributed by atoms with Crippen LogP contribution in [0.15, 0.2) is 0 Å². The third kappa shape index (κ3) is 7.54. The van der Waals surface area contributed by atoms with E-state index in [0.717, 1.165) is 0 Å². The summed E-state index contributed by atoms with van der Waals surface area (Å²) in [6.07, 6.45) is 1.10. The van der Waals surface area contributed by atoms with Crippen LogP contribution in [0.1, 0.15) is 40.5 Å². The molecular formula is C9H19NO2. The molecule has 0 amide bonds. The molecule has 3 nitrogen and oxygen atoms in total. The normalized spacial score (nSPS) is 14.1. The van der Waals surface area contributed by atoms with E-state index in [4.69, 9.17) is 10.5 Å². The van der Waals surface area contributed by atoms with Gasteiger partial charge in [-0.25, -0.2) is 0 Å². The summed E-state index contributed by atoms with van der Waals surface area (Å²) in [5.74, 6) is -0.167. The van der Waals surface area contributed by atoms with Gasteiger partial charge in [-0.2, -0.15) is 0 Å². The molecule has 0 saturated carbocycles. The Hall–Kier alpha value is -0.570. The van der Waals surface area contributed by atoms with E-state index in [1.165, 1.54) is 0 Å². The zero-order valence-electron chi connectivity index (χ0n) is 8.39. The van der Waals surface area contributed by atoms with Crippen LogP contribution in [0.4, 0.5) is 0 Å². The number of esters is 1. The van der Waals surface area contributed by atoms with Gasteiger partial charge in [0, 0.05) is 12.5 Å². The standard InChI is InChI=1S/C9H19NO2/c1-7(10)5-6-8(11)12-9(2,3)4/h7H,5-6,10H2,1-4H3/t7-/m1/s1. The Kier molecular flexibility index (Phi) is 4.24. The SMILES string of the molecule is C[C@@H](N)CCC(=O)OC(C)(C)C. The van der Waals surface area contributed by atoms with Crippen LogP contribution in [0, 0.1) is 0 Å². The highest BCUT2D eigenvalue weighted by atomic mass is 16.6. The van der Waals surface area contributed by atoms with Crippen LogP contribution in [-0.4, -0.2) is 17.6 Å². The largest absolute Gasteiger partial charge is 0.460 e. The molecule has 0 fully saturated rings. The molecule has 0 bridgehead atoms. The van der Waals surface area contributed by atoms with Crippen LogP contribution < -0.4 is 5.73 Å². The molecule has 0 aromatic carbocycles. The van der Waals surface area contributed by atoms with Crippen LogP contribution >= 0.6 is 0 Å². The van der Waals surface area contributed by atoms with E-state index in [1.54, 1.807) is 0 Å². The average Bonchev–Trinajstić information content (AvgIpc) is 1.79. The first-order valence-electron chi connectivity index (χ1n) is 4.28. The molecule has 0 radical (unpaired) electrons. The monoisotopic (exact) mass is 173 g/mol. The number of hydrogen-bond donors (Lipinski definition) is 1. The van der Waals surface area contributed by atoms with Crippen molar-refractivity contribution < 1.29 is 9.53 Å². The molecule has 0 unspecified atom stereocenters.